The van der Waals surface area contributed by atoms with E-state index in [1.165, 1.54) is 32.1 Å². The standard InChI is InChI=1S/C18H33F3O/c1-2-17(22)15-13-11-9-7-5-3-4-6-8-10-12-14-16-18(19,20)21/h2-16H2,1H3. The van der Waals surface area contributed by atoms with Crippen LogP contribution in [0.4, 0.5) is 13.2 Å². The zero-order valence-corrected chi connectivity index (χ0v) is 14.1. The fourth-order valence-corrected chi connectivity index (χ4v) is 2.59. The van der Waals surface area contributed by atoms with E-state index in [0.717, 1.165) is 38.5 Å². The Balaban J connectivity index is 3.07. The van der Waals surface area contributed by atoms with Crippen molar-refractivity contribution >= 4 is 5.78 Å². The number of Topliss-reactive ketones (excluding diaryl/α,β-unsaturated/α-hetero) is 1. The second-order valence-electron chi connectivity index (χ2n) is 6.25. The molecule has 0 unspecified atom stereocenters. The van der Waals surface area contributed by atoms with Crippen LogP contribution in [0, 0.1) is 0 Å². The lowest BCUT2D eigenvalue weighted by atomic mass is 10.0. The number of hydrogen-bond acceptors (Lipinski definition) is 1. The first-order chi connectivity index (χ1) is 10.5. The second kappa shape index (κ2) is 14.1. The highest BCUT2D eigenvalue weighted by Crippen LogP contribution is 2.23. The quantitative estimate of drug-likeness (QED) is 0.297. The minimum atomic E-state index is -3.98. The predicted octanol–water partition coefficient (Wildman–Crippen LogP) is 6.99. The molecule has 0 aromatic heterocycles. The molecule has 0 aromatic carbocycles. The van der Waals surface area contributed by atoms with Crippen molar-refractivity contribution in [2.24, 2.45) is 0 Å². The average molecular weight is 322 g/mol. The van der Waals surface area contributed by atoms with E-state index in [0.29, 0.717) is 18.6 Å². The van der Waals surface area contributed by atoms with Crippen LogP contribution in [0.1, 0.15) is 103 Å². The highest BCUT2D eigenvalue weighted by Gasteiger charge is 2.25. The van der Waals surface area contributed by atoms with Crippen LogP contribution in [0.25, 0.3) is 0 Å². The summed E-state index contributed by atoms with van der Waals surface area (Å²) in [7, 11) is 0. The van der Waals surface area contributed by atoms with Crippen LogP contribution in [0.5, 0.6) is 0 Å². The van der Waals surface area contributed by atoms with Crippen molar-refractivity contribution in [2.75, 3.05) is 0 Å². The van der Waals surface area contributed by atoms with E-state index in [9.17, 15) is 18.0 Å². The monoisotopic (exact) mass is 322 g/mol. The average Bonchev–Trinajstić information content (AvgIpc) is 2.46. The van der Waals surface area contributed by atoms with E-state index in [1.807, 2.05) is 6.92 Å². The molecule has 0 aliphatic rings. The van der Waals surface area contributed by atoms with Gasteiger partial charge in [0, 0.05) is 19.3 Å². The minimum absolute atomic E-state index is 0.282. The third-order valence-corrected chi connectivity index (χ3v) is 4.06. The molecular weight excluding hydrogens is 289 g/mol. The summed E-state index contributed by atoms with van der Waals surface area (Å²) in [6.07, 6.45) is 9.26. The van der Waals surface area contributed by atoms with Gasteiger partial charge in [-0.15, -0.1) is 0 Å². The molecule has 0 bridgehead atoms. The maximum atomic E-state index is 11.9. The van der Waals surface area contributed by atoms with Gasteiger partial charge >= 0.3 is 6.18 Å². The Labute approximate surface area is 134 Å². The summed E-state index contributed by atoms with van der Waals surface area (Å²) in [6.45, 7) is 1.92. The number of alkyl halides is 3. The SMILES string of the molecule is CCC(=O)CCCCCCCCCCCCCCC(F)(F)F. The molecule has 0 rings (SSSR count). The van der Waals surface area contributed by atoms with Gasteiger partial charge in [0.05, 0.1) is 0 Å². The van der Waals surface area contributed by atoms with Crippen molar-refractivity contribution in [3.63, 3.8) is 0 Å². The smallest absolute Gasteiger partial charge is 0.300 e. The Morgan fingerprint density at radius 3 is 1.41 bits per heavy atom. The molecule has 0 spiro atoms. The number of rotatable bonds is 15. The van der Waals surface area contributed by atoms with Crippen LogP contribution in [0.3, 0.4) is 0 Å². The van der Waals surface area contributed by atoms with E-state index in [4.69, 9.17) is 0 Å². The lowest BCUT2D eigenvalue weighted by Crippen LogP contribution is -2.06. The van der Waals surface area contributed by atoms with Crippen LogP contribution in [0.2, 0.25) is 0 Å². The number of carbonyl (C=O) groups excluding carboxylic acids is 1. The molecular formula is C18H33F3O. The molecule has 0 fully saturated rings. The largest absolute Gasteiger partial charge is 0.389 e. The van der Waals surface area contributed by atoms with Gasteiger partial charge in [0.15, 0.2) is 0 Å². The van der Waals surface area contributed by atoms with E-state index >= 15 is 0 Å². The molecule has 132 valence electrons. The van der Waals surface area contributed by atoms with Crippen LogP contribution in [0.15, 0.2) is 0 Å². The molecule has 0 amide bonds. The molecule has 0 heterocycles. The summed E-state index contributed by atoms with van der Waals surface area (Å²) in [6, 6.07) is 0. The minimum Gasteiger partial charge on any atom is -0.300 e. The molecule has 0 N–H and O–H groups in total. The maximum absolute atomic E-state index is 11.9. The fourth-order valence-electron chi connectivity index (χ4n) is 2.59. The van der Waals surface area contributed by atoms with Gasteiger partial charge < -0.3 is 0 Å². The predicted molar refractivity (Wildman–Crippen MR) is 86.0 cm³/mol. The summed E-state index contributed by atoms with van der Waals surface area (Å²) in [4.78, 5) is 11.1. The molecule has 0 aliphatic heterocycles. The van der Waals surface area contributed by atoms with Crippen molar-refractivity contribution in [1.82, 2.24) is 0 Å². The Hall–Kier alpha value is -0.540. The number of unbranched alkanes of at least 4 members (excludes halogenated alkanes) is 11. The zero-order chi connectivity index (χ0) is 16.7. The lowest BCUT2D eigenvalue weighted by molar-refractivity contribution is -0.135. The Morgan fingerprint density at radius 1 is 0.682 bits per heavy atom. The maximum Gasteiger partial charge on any atom is 0.389 e. The Kier molecular flexibility index (Phi) is 13.7. The summed E-state index contributed by atoms with van der Waals surface area (Å²) in [5.41, 5.74) is 0. The highest BCUT2D eigenvalue weighted by molar-refractivity contribution is 5.77. The summed E-state index contributed by atoms with van der Waals surface area (Å²) < 4.78 is 35.8. The topological polar surface area (TPSA) is 17.1 Å². The van der Waals surface area contributed by atoms with Crippen molar-refractivity contribution in [1.29, 1.82) is 0 Å². The first kappa shape index (κ1) is 21.5. The van der Waals surface area contributed by atoms with Gasteiger partial charge in [-0.3, -0.25) is 4.79 Å². The van der Waals surface area contributed by atoms with Crippen molar-refractivity contribution in [3.8, 4) is 0 Å². The lowest BCUT2D eigenvalue weighted by Gasteiger charge is -2.05. The van der Waals surface area contributed by atoms with E-state index in [-0.39, 0.29) is 6.42 Å². The first-order valence-corrected chi connectivity index (χ1v) is 9.04. The van der Waals surface area contributed by atoms with Gasteiger partial charge in [0.25, 0.3) is 0 Å². The van der Waals surface area contributed by atoms with Gasteiger partial charge in [-0.1, -0.05) is 71.1 Å². The first-order valence-electron chi connectivity index (χ1n) is 9.04. The molecule has 0 aliphatic carbocycles. The van der Waals surface area contributed by atoms with Crippen molar-refractivity contribution in [3.05, 3.63) is 0 Å². The van der Waals surface area contributed by atoms with Crippen LogP contribution in [-0.2, 0) is 4.79 Å². The Morgan fingerprint density at radius 2 is 1.05 bits per heavy atom. The number of halogens is 3. The number of hydrogen-bond donors (Lipinski definition) is 0. The molecule has 1 nitrogen and oxygen atoms in total. The van der Waals surface area contributed by atoms with Crippen molar-refractivity contribution in [2.45, 2.75) is 109 Å². The van der Waals surface area contributed by atoms with Crippen molar-refractivity contribution < 1.29 is 18.0 Å². The van der Waals surface area contributed by atoms with Crippen LogP contribution >= 0.6 is 0 Å². The Bertz CT molecular complexity index is 262. The summed E-state index contributed by atoms with van der Waals surface area (Å²) in [5.74, 6) is 0.371. The van der Waals surface area contributed by atoms with Gasteiger partial charge in [0.1, 0.15) is 5.78 Å². The molecule has 4 heteroatoms. The molecule has 0 atom stereocenters. The number of ketones is 1. The second-order valence-corrected chi connectivity index (χ2v) is 6.25. The van der Waals surface area contributed by atoms with Gasteiger partial charge in [-0.05, 0) is 12.8 Å². The molecule has 0 aromatic rings. The van der Waals surface area contributed by atoms with Gasteiger partial charge in [-0.2, -0.15) is 13.2 Å². The third-order valence-electron chi connectivity index (χ3n) is 4.06. The van der Waals surface area contributed by atoms with Crippen LogP contribution < -0.4 is 0 Å². The van der Waals surface area contributed by atoms with Gasteiger partial charge in [-0.25, -0.2) is 0 Å². The molecule has 22 heavy (non-hydrogen) atoms. The summed E-state index contributed by atoms with van der Waals surface area (Å²) >= 11 is 0. The normalized spacial score (nSPS) is 11.8. The van der Waals surface area contributed by atoms with E-state index < -0.39 is 12.6 Å². The van der Waals surface area contributed by atoms with Gasteiger partial charge in [0.2, 0.25) is 0 Å². The summed E-state index contributed by atoms with van der Waals surface area (Å²) in [5, 5.41) is 0. The molecule has 0 saturated heterocycles. The van der Waals surface area contributed by atoms with Crippen LogP contribution in [-0.4, -0.2) is 12.0 Å². The zero-order valence-electron chi connectivity index (χ0n) is 14.1. The fraction of sp³-hybridized carbons (Fsp3) is 0.944. The number of carbonyl (C=O) groups is 1. The molecule has 0 saturated carbocycles. The third kappa shape index (κ3) is 17.5. The molecule has 0 radical (unpaired) electrons. The van der Waals surface area contributed by atoms with E-state index in [1.54, 1.807) is 0 Å². The van der Waals surface area contributed by atoms with E-state index in [2.05, 4.69) is 0 Å². The highest BCUT2D eigenvalue weighted by atomic mass is 19.4.